The summed E-state index contributed by atoms with van der Waals surface area (Å²) in [5.74, 6) is -6.80. The van der Waals surface area contributed by atoms with Gasteiger partial charge in [-0.25, -0.2) is 4.90 Å². The number of fused-ring (bicyclic) bond motifs is 2. The molecule has 2 amide bonds. The third-order valence-corrected chi connectivity index (χ3v) is 7.45. The average Bonchev–Trinajstić information content (AvgIpc) is 3.29. The van der Waals surface area contributed by atoms with Crippen molar-refractivity contribution in [2.24, 2.45) is 11.8 Å². The molecule has 0 spiro atoms. The molecule has 8 nitrogen and oxygen atoms in total. The molecule has 4 unspecified atom stereocenters. The largest absolute Gasteiger partial charge is 0.481 e. The molecule has 2 fully saturated rings. The Morgan fingerprint density at radius 2 is 1.74 bits per heavy atom. The summed E-state index contributed by atoms with van der Waals surface area (Å²) in [6.45, 7) is 1.78. The van der Waals surface area contributed by atoms with Gasteiger partial charge in [-0.05, 0) is 41.0 Å². The summed E-state index contributed by atoms with van der Waals surface area (Å²) in [4.78, 5) is 52.8. The van der Waals surface area contributed by atoms with Gasteiger partial charge in [-0.2, -0.15) is 0 Å². The molecule has 0 bridgehead atoms. The number of nitrogens with zero attached hydrogens (tertiary/aromatic N) is 1. The van der Waals surface area contributed by atoms with Gasteiger partial charge in [0.05, 0.1) is 23.9 Å². The number of halogens is 1. The molecule has 2 saturated heterocycles. The molecule has 9 heteroatoms. The summed E-state index contributed by atoms with van der Waals surface area (Å²) in [5, 5.41) is 24.8. The Hall–Kier alpha value is -3.75. The number of anilines is 1. The number of rotatable bonds is 5. The van der Waals surface area contributed by atoms with Gasteiger partial charge in [0.1, 0.15) is 5.54 Å². The highest BCUT2D eigenvalue weighted by Crippen LogP contribution is 2.52. The first-order valence-electron chi connectivity index (χ1n) is 11.0. The summed E-state index contributed by atoms with van der Waals surface area (Å²) in [6, 6.07) is 16.6. The Bertz CT molecular complexity index is 1420. The van der Waals surface area contributed by atoms with Crippen molar-refractivity contribution in [3.63, 3.8) is 0 Å². The van der Waals surface area contributed by atoms with Crippen LogP contribution in [0.4, 0.5) is 5.69 Å². The molecule has 3 aromatic rings. The van der Waals surface area contributed by atoms with Crippen molar-refractivity contribution >= 4 is 51.8 Å². The predicted molar refractivity (Wildman–Crippen MR) is 128 cm³/mol. The second-order valence-corrected chi connectivity index (χ2v) is 9.39. The monoisotopic (exact) mass is 492 g/mol. The number of carbonyl (C=O) groups excluding carboxylic acids is 2. The molecule has 35 heavy (non-hydrogen) atoms. The van der Waals surface area contributed by atoms with Crippen molar-refractivity contribution in [2.45, 2.75) is 24.9 Å². The zero-order valence-corrected chi connectivity index (χ0v) is 19.3. The van der Waals surface area contributed by atoms with Crippen LogP contribution in [0.1, 0.15) is 23.6 Å². The number of aryl methyl sites for hydroxylation is 1. The zero-order valence-electron chi connectivity index (χ0n) is 18.6. The molecule has 3 N–H and O–H groups in total. The maximum Gasteiger partial charge on any atom is 0.325 e. The lowest BCUT2D eigenvalue weighted by Crippen LogP contribution is -2.57. The number of amides is 2. The predicted octanol–water partition coefficient (Wildman–Crippen LogP) is 3.55. The van der Waals surface area contributed by atoms with Crippen LogP contribution in [0, 0.1) is 18.8 Å². The van der Waals surface area contributed by atoms with Crippen molar-refractivity contribution in [1.29, 1.82) is 0 Å². The summed E-state index contributed by atoms with van der Waals surface area (Å²) >= 11 is 6.24. The molecule has 0 saturated carbocycles. The van der Waals surface area contributed by atoms with E-state index in [2.05, 4.69) is 5.32 Å². The minimum Gasteiger partial charge on any atom is -0.481 e. The van der Waals surface area contributed by atoms with Crippen molar-refractivity contribution < 1.29 is 29.4 Å². The number of carboxylic acids is 2. The third kappa shape index (κ3) is 3.40. The molecule has 4 atom stereocenters. The molecular weight excluding hydrogens is 472 g/mol. The molecule has 0 radical (unpaired) electrons. The highest BCUT2D eigenvalue weighted by Gasteiger charge is 2.69. The van der Waals surface area contributed by atoms with Gasteiger partial charge in [-0.3, -0.25) is 24.5 Å². The maximum absolute atomic E-state index is 13.8. The van der Waals surface area contributed by atoms with E-state index in [9.17, 15) is 29.4 Å². The molecule has 0 aliphatic carbocycles. The number of aliphatic carboxylic acids is 2. The molecule has 2 aliphatic rings. The summed E-state index contributed by atoms with van der Waals surface area (Å²) in [6.07, 6.45) is -0.869. The van der Waals surface area contributed by atoms with E-state index in [0.717, 1.165) is 21.2 Å². The standard InChI is InChI=1S/C26H21ClN2O6/c1-13-9-10-15(11-18(13)27)29-23(32)20-21(24(29)33)26(25(34)35,12-19(30)31)28-22(20)17-8-4-6-14-5-2-3-7-16(14)17/h2-11,20-22,28H,12H2,1H3,(H,30,31)(H,34,35). The summed E-state index contributed by atoms with van der Waals surface area (Å²) in [7, 11) is 0. The van der Waals surface area contributed by atoms with Crippen LogP contribution in [0.3, 0.4) is 0 Å². The normalized spacial score (nSPS) is 25.8. The quantitative estimate of drug-likeness (QED) is 0.465. The summed E-state index contributed by atoms with van der Waals surface area (Å²) < 4.78 is 0. The van der Waals surface area contributed by atoms with Crippen LogP contribution in [0.15, 0.2) is 60.7 Å². The van der Waals surface area contributed by atoms with Gasteiger partial charge in [0.25, 0.3) is 0 Å². The summed E-state index contributed by atoms with van der Waals surface area (Å²) in [5.41, 5.74) is -0.586. The van der Waals surface area contributed by atoms with Gasteiger partial charge >= 0.3 is 11.9 Å². The van der Waals surface area contributed by atoms with Crippen molar-refractivity contribution in [3.8, 4) is 0 Å². The molecule has 2 heterocycles. The average molecular weight is 493 g/mol. The topological polar surface area (TPSA) is 124 Å². The molecular formula is C26H21ClN2O6. The number of carboxylic acid groups (broad SMARTS) is 2. The Balaban J connectivity index is 1.71. The van der Waals surface area contributed by atoms with Gasteiger partial charge in [-0.15, -0.1) is 0 Å². The Kier molecular flexibility index (Phi) is 5.38. The number of nitrogens with one attached hydrogen (secondary N) is 1. The fourth-order valence-corrected chi connectivity index (χ4v) is 5.62. The first-order chi connectivity index (χ1) is 16.7. The van der Waals surface area contributed by atoms with Gasteiger partial charge in [0.2, 0.25) is 11.8 Å². The van der Waals surface area contributed by atoms with E-state index in [1.54, 1.807) is 31.2 Å². The molecule has 5 rings (SSSR count). The number of benzene rings is 3. The molecule has 3 aromatic carbocycles. The van der Waals surface area contributed by atoms with E-state index < -0.39 is 53.6 Å². The lowest BCUT2D eigenvalue weighted by atomic mass is 9.77. The van der Waals surface area contributed by atoms with Gasteiger partial charge in [0, 0.05) is 11.1 Å². The zero-order chi connectivity index (χ0) is 25.1. The van der Waals surface area contributed by atoms with Crippen LogP contribution in [0.2, 0.25) is 5.02 Å². The van der Waals surface area contributed by atoms with E-state index >= 15 is 0 Å². The van der Waals surface area contributed by atoms with Gasteiger partial charge in [0.15, 0.2) is 0 Å². The van der Waals surface area contributed by atoms with Crippen LogP contribution < -0.4 is 10.2 Å². The smallest absolute Gasteiger partial charge is 0.325 e. The van der Waals surface area contributed by atoms with Crippen LogP contribution in [-0.2, 0) is 19.2 Å². The minimum absolute atomic E-state index is 0.219. The number of hydrogen-bond acceptors (Lipinski definition) is 5. The van der Waals surface area contributed by atoms with Crippen LogP contribution >= 0.6 is 11.6 Å². The van der Waals surface area contributed by atoms with E-state index in [1.165, 1.54) is 6.07 Å². The Morgan fingerprint density at radius 1 is 1.03 bits per heavy atom. The van der Waals surface area contributed by atoms with Crippen molar-refractivity contribution in [2.75, 3.05) is 4.90 Å². The highest BCUT2D eigenvalue weighted by atomic mass is 35.5. The van der Waals surface area contributed by atoms with Crippen LogP contribution in [0.5, 0.6) is 0 Å². The van der Waals surface area contributed by atoms with Crippen molar-refractivity contribution in [3.05, 3.63) is 76.8 Å². The molecule has 178 valence electrons. The second kappa shape index (κ2) is 8.18. The molecule has 0 aromatic heterocycles. The van der Waals surface area contributed by atoms with Crippen LogP contribution in [-0.4, -0.2) is 39.5 Å². The fraction of sp³-hybridized carbons (Fsp3) is 0.231. The number of hydrogen-bond donors (Lipinski definition) is 3. The van der Waals surface area contributed by atoms with Gasteiger partial charge in [-0.1, -0.05) is 60.1 Å². The first kappa shape index (κ1) is 23.0. The lowest BCUT2D eigenvalue weighted by molar-refractivity contribution is -0.154. The highest BCUT2D eigenvalue weighted by molar-refractivity contribution is 6.32. The Labute approximate surface area is 205 Å². The van der Waals surface area contributed by atoms with E-state index in [4.69, 9.17) is 11.6 Å². The SMILES string of the molecule is Cc1ccc(N2C(=O)C3C(c4cccc5ccccc45)NC(CC(=O)O)(C(=O)O)C3C2=O)cc1Cl. The fourth-order valence-electron chi connectivity index (χ4n) is 5.44. The van der Waals surface area contributed by atoms with E-state index in [0.29, 0.717) is 10.6 Å². The molecule has 2 aliphatic heterocycles. The number of carbonyl (C=O) groups is 4. The van der Waals surface area contributed by atoms with Gasteiger partial charge < -0.3 is 10.2 Å². The number of imide groups is 1. The first-order valence-corrected chi connectivity index (χ1v) is 11.4. The third-order valence-electron chi connectivity index (χ3n) is 7.04. The van der Waals surface area contributed by atoms with Crippen LogP contribution in [0.25, 0.3) is 10.8 Å². The Morgan fingerprint density at radius 3 is 2.43 bits per heavy atom. The van der Waals surface area contributed by atoms with E-state index in [-0.39, 0.29) is 5.69 Å². The van der Waals surface area contributed by atoms with Crippen molar-refractivity contribution in [1.82, 2.24) is 5.32 Å². The van der Waals surface area contributed by atoms with E-state index in [1.807, 2.05) is 30.3 Å². The minimum atomic E-state index is -2.17. The maximum atomic E-state index is 13.8. The second-order valence-electron chi connectivity index (χ2n) is 8.99. The lowest BCUT2D eigenvalue weighted by Gasteiger charge is -2.30.